The lowest BCUT2D eigenvalue weighted by Crippen LogP contribution is -2.59. The van der Waals surface area contributed by atoms with Crippen molar-refractivity contribution < 1.29 is 24.4 Å². The molecule has 2 N–H and O–H groups in total. The van der Waals surface area contributed by atoms with E-state index in [1.54, 1.807) is 0 Å². The van der Waals surface area contributed by atoms with Crippen LogP contribution in [0.1, 0.15) is 37.7 Å². The van der Waals surface area contributed by atoms with Crippen molar-refractivity contribution in [1.82, 2.24) is 4.90 Å². The molecule has 1 heterocycles. The number of nitro groups is 1. The average Bonchev–Trinajstić information content (AvgIpc) is 2.98. The third-order valence-electron chi connectivity index (χ3n) is 4.55. The highest BCUT2D eigenvalue weighted by atomic mass is 16.6. The van der Waals surface area contributed by atoms with Crippen molar-refractivity contribution in [3.05, 3.63) is 44.3 Å². The first-order valence-electron chi connectivity index (χ1n) is 8.41. The van der Waals surface area contributed by atoms with E-state index in [1.807, 2.05) is 0 Å². The van der Waals surface area contributed by atoms with Crippen LogP contribution < -0.4 is 10.8 Å². The lowest BCUT2D eigenvalue weighted by molar-refractivity contribution is -0.386. The predicted molar refractivity (Wildman–Crippen MR) is 92.6 cm³/mol. The molecule has 1 atom stereocenters. The molecule has 12 heteroatoms. The SMILES string of the molecule is [N-]=[N+]=Nc1ccc(C(CCCCN)(C(=O)[O-])N2C(=O)CCC2=O)c([N+](=O)[O-])c1. The molecule has 0 aliphatic carbocycles. The van der Waals surface area contributed by atoms with E-state index >= 15 is 0 Å². The van der Waals surface area contributed by atoms with E-state index in [-0.39, 0.29) is 37.9 Å². The van der Waals surface area contributed by atoms with Gasteiger partial charge in [-0.2, -0.15) is 0 Å². The minimum absolute atomic E-state index is 0.119. The van der Waals surface area contributed by atoms with Crippen LogP contribution >= 0.6 is 0 Å². The molecular weight excluding hydrogens is 372 g/mol. The highest BCUT2D eigenvalue weighted by molar-refractivity contribution is 6.06. The monoisotopic (exact) mass is 389 g/mol. The van der Waals surface area contributed by atoms with E-state index in [4.69, 9.17) is 11.3 Å². The van der Waals surface area contributed by atoms with Crippen molar-refractivity contribution >= 4 is 29.2 Å². The fourth-order valence-electron chi connectivity index (χ4n) is 3.33. The third kappa shape index (κ3) is 3.63. The summed E-state index contributed by atoms with van der Waals surface area (Å²) in [5.41, 5.74) is 10.4. The summed E-state index contributed by atoms with van der Waals surface area (Å²) in [6, 6.07) is 3.13. The molecule has 2 rings (SSSR count). The summed E-state index contributed by atoms with van der Waals surface area (Å²) in [6.45, 7) is 0.225. The molecule has 0 saturated carbocycles. The van der Waals surface area contributed by atoms with Gasteiger partial charge in [-0.15, -0.1) is 0 Å². The number of nitro benzene ring substituents is 1. The first-order valence-corrected chi connectivity index (χ1v) is 8.41. The summed E-state index contributed by atoms with van der Waals surface area (Å²) in [7, 11) is 0. The van der Waals surface area contributed by atoms with Crippen molar-refractivity contribution in [2.75, 3.05) is 6.54 Å². The highest BCUT2D eigenvalue weighted by Gasteiger charge is 2.51. The number of imide groups is 1. The summed E-state index contributed by atoms with van der Waals surface area (Å²) in [5.74, 6) is -3.32. The van der Waals surface area contributed by atoms with Crippen LogP contribution in [0.15, 0.2) is 23.3 Å². The Morgan fingerprint density at radius 3 is 2.46 bits per heavy atom. The second kappa shape index (κ2) is 8.46. The van der Waals surface area contributed by atoms with Crippen LogP contribution in [0.4, 0.5) is 11.4 Å². The minimum atomic E-state index is -2.36. The standard InChI is InChI=1S/C16H18N6O6/c17-8-2-1-7-16(15(25)26,21-13(23)5-6-14(21)24)11-4-3-10(19-20-18)9-12(11)22(27)28/h3-4,9H,1-2,5-8,17H2,(H,25,26)/p-1. The zero-order valence-electron chi connectivity index (χ0n) is 14.7. The summed E-state index contributed by atoms with van der Waals surface area (Å²) in [4.78, 5) is 50.8. The Bertz CT molecular complexity index is 864. The molecule has 1 aliphatic heterocycles. The fraction of sp³-hybridized carbons (Fsp3) is 0.438. The molecule has 0 spiro atoms. The molecule has 1 fully saturated rings. The van der Waals surface area contributed by atoms with E-state index in [0.29, 0.717) is 11.3 Å². The molecule has 0 radical (unpaired) electrons. The Morgan fingerprint density at radius 1 is 1.32 bits per heavy atom. The molecule has 148 valence electrons. The van der Waals surface area contributed by atoms with Crippen molar-refractivity contribution in [3.63, 3.8) is 0 Å². The van der Waals surface area contributed by atoms with E-state index in [2.05, 4.69) is 10.0 Å². The average molecular weight is 389 g/mol. The van der Waals surface area contributed by atoms with Gasteiger partial charge < -0.3 is 15.6 Å². The Kier molecular flexibility index (Phi) is 6.29. The van der Waals surface area contributed by atoms with E-state index in [0.717, 1.165) is 12.1 Å². The topological polar surface area (TPSA) is 195 Å². The zero-order chi connectivity index (χ0) is 20.9. The van der Waals surface area contributed by atoms with Gasteiger partial charge in [-0.25, -0.2) is 0 Å². The number of nitrogens with two attached hydrogens (primary N) is 1. The van der Waals surface area contributed by atoms with Gasteiger partial charge >= 0.3 is 0 Å². The molecule has 2 amide bonds. The number of likely N-dealkylation sites (tertiary alicyclic amines) is 1. The summed E-state index contributed by atoms with van der Waals surface area (Å²) < 4.78 is 0. The minimum Gasteiger partial charge on any atom is -0.547 e. The number of azide groups is 1. The van der Waals surface area contributed by atoms with Crippen LogP contribution in [0.5, 0.6) is 0 Å². The Balaban J connectivity index is 2.78. The largest absolute Gasteiger partial charge is 0.547 e. The fourth-order valence-corrected chi connectivity index (χ4v) is 3.33. The maximum Gasteiger partial charge on any atom is 0.275 e. The lowest BCUT2D eigenvalue weighted by atomic mass is 9.81. The van der Waals surface area contributed by atoms with Crippen LogP contribution in [0.2, 0.25) is 0 Å². The van der Waals surface area contributed by atoms with Crippen molar-refractivity contribution in [2.45, 2.75) is 37.6 Å². The summed E-state index contributed by atoms with van der Waals surface area (Å²) in [6.07, 6.45) is -0.150. The van der Waals surface area contributed by atoms with Crippen molar-refractivity contribution in [3.8, 4) is 0 Å². The number of amides is 2. The van der Waals surface area contributed by atoms with Crippen molar-refractivity contribution in [1.29, 1.82) is 0 Å². The van der Waals surface area contributed by atoms with Gasteiger partial charge in [-0.1, -0.05) is 11.2 Å². The number of unbranched alkanes of at least 4 members (excludes halogenated alkanes) is 1. The van der Waals surface area contributed by atoms with E-state index < -0.39 is 39.5 Å². The van der Waals surface area contributed by atoms with Gasteiger partial charge in [-0.05, 0) is 37.4 Å². The van der Waals surface area contributed by atoms with Gasteiger partial charge in [0, 0.05) is 29.5 Å². The normalized spacial score (nSPS) is 15.8. The lowest BCUT2D eigenvalue weighted by Gasteiger charge is -2.41. The second-order valence-corrected chi connectivity index (χ2v) is 6.16. The number of carbonyl (C=O) groups excluding carboxylic acids is 3. The molecular formula is C16H17N6O6-. The number of aliphatic carboxylic acids is 1. The van der Waals surface area contributed by atoms with Gasteiger partial charge in [0.15, 0.2) is 0 Å². The number of hydrogen-bond acceptors (Lipinski definition) is 8. The molecule has 0 bridgehead atoms. The molecule has 12 nitrogen and oxygen atoms in total. The summed E-state index contributed by atoms with van der Waals surface area (Å²) in [5, 5.41) is 27.2. The Hall–Kier alpha value is -3.50. The number of carboxylic acids is 1. The van der Waals surface area contributed by atoms with E-state index in [9.17, 15) is 29.6 Å². The molecule has 1 saturated heterocycles. The molecule has 0 aromatic heterocycles. The van der Waals surface area contributed by atoms with Crippen LogP contribution in [-0.2, 0) is 19.9 Å². The van der Waals surface area contributed by atoms with Gasteiger partial charge in [0.25, 0.3) is 5.69 Å². The van der Waals surface area contributed by atoms with Crippen LogP contribution in [0.3, 0.4) is 0 Å². The first kappa shape index (κ1) is 20.8. The van der Waals surface area contributed by atoms with Crippen LogP contribution in [-0.4, -0.2) is 34.2 Å². The predicted octanol–water partition coefficient (Wildman–Crippen LogP) is 0.760. The Labute approximate surface area is 158 Å². The molecule has 1 aromatic rings. The van der Waals surface area contributed by atoms with Gasteiger partial charge in [0.05, 0.1) is 16.5 Å². The van der Waals surface area contributed by atoms with Gasteiger partial charge in [-0.3, -0.25) is 24.6 Å². The quantitative estimate of drug-likeness (QED) is 0.122. The molecule has 1 unspecified atom stereocenters. The zero-order valence-corrected chi connectivity index (χ0v) is 14.7. The molecule has 1 aromatic carbocycles. The maximum absolute atomic E-state index is 12.3. The third-order valence-corrected chi connectivity index (χ3v) is 4.55. The van der Waals surface area contributed by atoms with E-state index in [1.165, 1.54) is 6.07 Å². The second-order valence-electron chi connectivity index (χ2n) is 6.16. The number of carbonyl (C=O) groups is 3. The van der Waals surface area contributed by atoms with Gasteiger partial charge in [0.1, 0.15) is 5.54 Å². The maximum atomic E-state index is 12.3. The van der Waals surface area contributed by atoms with Crippen LogP contribution in [0, 0.1) is 10.1 Å². The van der Waals surface area contributed by atoms with Gasteiger partial charge in [0.2, 0.25) is 11.8 Å². The first-order chi connectivity index (χ1) is 13.3. The number of carboxylic acid groups (broad SMARTS) is 1. The number of hydrogen-bond donors (Lipinski definition) is 1. The number of benzene rings is 1. The number of nitrogens with zero attached hydrogens (tertiary/aromatic N) is 5. The molecule has 28 heavy (non-hydrogen) atoms. The highest BCUT2D eigenvalue weighted by Crippen LogP contribution is 2.42. The van der Waals surface area contributed by atoms with Crippen molar-refractivity contribution in [2.24, 2.45) is 10.8 Å². The molecule has 1 aliphatic rings. The summed E-state index contributed by atoms with van der Waals surface area (Å²) >= 11 is 0. The Morgan fingerprint density at radius 2 is 1.96 bits per heavy atom. The van der Waals surface area contributed by atoms with Crippen LogP contribution in [0.25, 0.3) is 10.4 Å². The number of rotatable bonds is 9. The smallest absolute Gasteiger partial charge is 0.275 e.